The quantitative estimate of drug-likeness (QED) is 0.757. The topological polar surface area (TPSA) is 46.2 Å². The number of sulfonamides is 1. The summed E-state index contributed by atoms with van der Waals surface area (Å²) in [6.07, 6.45) is 0. The Morgan fingerprint density at radius 2 is 1.61 bits per heavy atom. The Morgan fingerprint density at radius 1 is 0.913 bits per heavy atom. The van der Waals surface area contributed by atoms with Gasteiger partial charge in [-0.1, -0.05) is 54.1 Å². The standard InChI is InChI=1S/C18H17NO2S2/c1-14-9-11-16(12-10-14)23(20,21)19-18(17-8-5-13-22-17)15-6-3-2-4-7-15/h2-13,18-19H,1H3. The molecule has 1 unspecified atom stereocenters. The van der Waals surface area contributed by atoms with Gasteiger partial charge in [-0.05, 0) is 36.1 Å². The molecule has 0 aliphatic carbocycles. The fourth-order valence-corrected chi connectivity index (χ4v) is 4.41. The highest BCUT2D eigenvalue weighted by molar-refractivity contribution is 7.89. The number of hydrogen-bond acceptors (Lipinski definition) is 3. The molecule has 1 atom stereocenters. The van der Waals surface area contributed by atoms with Gasteiger partial charge in [-0.2, -0.15) is 4.72 Å². The first-order valence-electron chi connectivity index (χ1n) is 7.23. The van der Waals surface area contributed by atoms with Crippen LogP contribution in [-0.2, 0) is 10.0 Å². The Kier molecular flexibility index (Phi) is 4.61. The lowest BCUT2D eigenvalue weighted by Crippen LogP contribution is -2.29. The molecule has 1 aromatic heterocycles. The SMILES string of the molecule is Cc1ccc(S(=O)(=O)NC(c2ccccc2)c2cccs2)cc1. The molecule has 0 saturated heterocycles. The molecular formula is C18H17NO2S2. The fourth-order valence-electron chi connectivity index (χ4n) is 2.33. The molecule has 118 valence electrons. The average Bonchev–Trinajstić information content (AvgIpc) is 3.08. The third kappa shape index (κ3) is 3.69. The summed E-state index contributed by atoms with van der Waals surface area (Å²) < 4.78 is 28.3. The van der Waals surface area contributed by atoms with Crippen LogP contribution in [0.25, 0.3) is 0 Å². The lowest BCUT2D eigenvalue weighted by Gasteiger charge is -2.18. The molecule has 0 bridgehead atoms. The van der Waals surface area contributed by atoms with Crippen molar-refractivity contribution in [1.29, 1.82) is 0 Å². The maximum Gasteiger partial charge on any atom is 0.241 e. The van der Waals surface area contributed by atoms with Gasteiger partial charge in [0.25, 0.3) is 0 Å². The van der Waals surface area contributed by atoms with Crippen LogP contribution in [0.3, 0.4) is 0 Å². The molecule has 1 N–H and O–H groups in total. The van der Waals surface area contributed by atoms with E-state index in [4.69, 9.17) is 0 Å². The van der Waals surface area contributed by atoms with Gasteiger partial charge < -0.3 is 0 Å². The van der Waals surface area contributed by atoms with Crippen molar-refractivity contribution in [2.75, 3.05) is 0 Å². The first-order valence-corrected chi connectivity index (χ1v) is 9.60. The second-order valence-electron chi connectivity index (χ2n) is 5.29. The summed E-state index contributed by atoms with van der Waals surface area (Å²) >= 11 is 1.54. The van der Waals surface area contributed by atoms with Crippen molar-refractivity contribution in [1.82, 2.24) is 4.72 Å². The van der Waals surface area contributed by atoms with Gasteiger partial charge in [0.1, 0.15) is 0 Å². The van der Waals surface area contributed by atoms with Crippen LogP contribution in [0.4, 0.5) is 0 Å². The van der Waals surface area contributed by atoms with Crippen LogP contribution < -0.4 is 4.72 Å². The number of rotatable bonds is 5. The van der Waals surface area contributed by atoms with Crippen LogP contribution in [0.5, 0.6) is 0 Å². The molecule has 0 fully saturated rings. The number of aryl methyl sites for hydroxylation is 1. The van der Waals surface area contributed by atoms with Crippen LogP contribution in [-0.4, -0.2) is 8.42 Å². The van der Waals surface area contributed by atoms with Crippen molar-refractivity contribution in [3.8, 4) is 0 Å². The maximum atomic E-state index is 12.7. The molecule has 2 aromatic carbocycles. The molecule has 0 saturated carbocycles. The van der Waals surface area contributed by atoms with Gasteiger partial charge in [0.2, 0.25) is 10.0 Å². The zero-order chi connectivity index (χ0) is 16.3. The zero-order valence-electron chi connectivity index (χ0n) is 12.6. The van der Waals surface area contributed by atoms with Crippen LogP contribution in [0.15, 0.2) is 77.0 Å². The van der Waals surface area contributed by atoms with Gasteiger partial charge in [0, 0.05) is 4.88 Å². The second-order valence-corrected chi connectivity index (χ2v) is 7.99. The summed E-state index contributed by atoms with van der Waals surface area (Å²) in [4.78, 5) is 1.24. The second kappa shape index (κ2) is 6.66. The molecule has 1 heterocycles. The van der Waals surface area contributed by atoms with Crippen LogP contribution in [0.1, 0.15) is 22.0 Å². The minimum atomic E-state index is -3.59. The molecular weight excluding hydrogens is 326 g/mol. The smallest absolute Gasteiger partial charge is 0.207 e. The van der Waals surface area contributed by atoms with Gasteiger partial charge in [0.05, 0.1) is 10.9 Å². The Hall–Kier alpha value is -1.95. The number of thiophene rings is 1. The molecule has 3 rings (SSSR count). The highest BCUT2D eigenvalue weighted by Crippen LogP contribution is 2.27. The Morgan fingerprint density at radius 3 is 2.22 bits per heavy atom. The largest absolute Gasteiger partial charge is 0.241 e. The average molecular weight is 343 g/mol. The number of hydrogen-bond donors (Lipinski definition) is 1. The molecule has 0 radical (unpaired) electrons. The predicted octanol–water partition coefficient (Wildman–Crippen LogP) is 4.12. The van der Waals surface area contributed by atoms with Crippen molar-refractivity contribution in [3.05, 3.63) is 88.1 Å². The molecule has 3 aromatic rings. The molecule has 23 heavy (non-hydrogen) atoms. The van der Waals surface area contributed by atoms with Crippen LogP contribution >= 0.6 is 11.3 Å². The summed E-state index contributed by atoms with van der Waals surface area (Å²) in [5, 5.41) is 1.95. The lowest BCUT2D eigenvalue weighted by molar-refractivity contribution is 0.573. The van der Waals surface area contributed by atoms with Crippen molar-refractivity contribution in [2.45, 2.75) is 17.9 Å². The summed E-state index contributed by atoms with van der Waals surface area (Å²) in [7, 11) is -3.59. The monoisotopic (exact) mass is 343 g/mol. The van der Waals surface area contributed by atoms with Crippen molar-refractivity contribution >= 4 is 21.4 Å². The van der Waals surface area contributed by atoms with Crippen molar-refractivity contribution in [2.24, 2.45) is 0 Å². The van der Waals surface area contributed by atoms with Gasteiger partial charge in [-0.15, -0.1) is 11.3 Å². The van der Waals surface area contributed by atoms with E-state index in [-0.39, 0.29) is 10.9 Å². The van der Waals surface area contributed by atoms with E-state index in [0.717, 1.165) is 16.0 Å². The van der Waals surface area contributed by atoms with E-state index in [1.807, 2.05) is 54.8 Å². The minimum Gasteiger partial charge on any atom is -0.207 e. The van der Waals surface area contributed by atoms with E-state index in [1.165, 1.54) is 11.3 Å². The first-order chi connectivity index (χ1) is 11.1. The maximum absolute atomic E-state index is 12.7. The normalized spacial score (nSPS) is 12.9. The van der Waals surface area contributed by atoms with Gasteiger partial charge in [-0.25, -0.2) is 8.42 Å². The van der Waals surface area contributed by atoms with Gasteiger partial charge in [-0.3, -0.25) is 0 Å². The van der Waals surface area contributed by atoms with Crippen LogP contribution in [0, 0.1) is 6.92 Å². The van der Waals surface area contributed by atoms with Gasteiger partial charge >= 0.3 is 0 Å². The molecule has 0 spiro atoms. The molecule has 0 aliphatic rings. The Balaban J connectivity index is 1.97. The summed E-state index contributed by atoms with van der Waals surface area (Å²) in [6, 6.07) is 20.0. The predicted molar refractivity (Wildman–Crippen MR) is 94.1 cm³/mol. The summed E-state index contributed by atoms with van der Waals surface area (Å²) in [5.74, 6) is 0. The van der Waals surface area contributed by atoms with E-state index < -0.39 is 10.0 Å². The third-order valence-corrected chi connectivity index (χ3v) is 5.94. The Labute approximate surface area is 140 Å². The minimum absolute atomic E-state index is 0.278. The van der Waals surface area contributed by atoms with E-state index in [2.05, 4.69) is 4.72 Å². The first kappa shape index (κ1) is 15.9. The fraction of sp³-hybridized carbons (Fsp3) is 0.111. The summed E-state index contributed by atoms with van der Waals surface area (Å²) in [6.45, 7) is 1.93. The highest BCUT2D eigenvalue weighted by Gasteiger charge is 2.23. The molecule has 3 nitrogen and oxygen atoms in total. The lowest BCUT2D eigenvalue weighted by atomic mass is 10.1. The Bertz CT molecular complexity index is 855. The number of benzene rings is 2. The molecule has 0 amide bonds. The van der Waals surface area contributed by atoms with E-state index in [9.17, 15) is 8.42 Å². The van der Waals surface area contributed by atoms with Crippen molar-refractivity contribution in [3.63, 3.8) is 0 Å². The van der Waals surface area contributed by atoms with Gasteiger partial charge in [0.15, 0.2) is 0 Å². The molecule has 0 aliphatic heterocycles. The zero-order valence-corrected chi connectivity index (χ0v) is 14.3. The van der Waals surface area contributed by atoms with Crippen LogP contribution in [0.2, 0.25) is 0 Å². The highest BCUT2D eigenvalue weighted by atomic mass is 32.2. The summed E-state index contributed by atoms with van der Waals surface area (Å²) in [5.41, 5.74) is 1.95. The third-order valence-electron chi connectivity index (χ3n) is 3.56. The van der Waals surface area contributed by atoms with E-state index >= 15 is 0 Å². The van der Waals surface area contributed by atoms with E-state index in [0.29, 0.717) is 0 Å². The number of nitrogens with one attached hydrogen (secondary N) is 1. The van der Waals surface area contributed by atoms with E-state index in [1.54, 1.807) is 24.3 Å². The molecule has 5 heteroatoms. The van der Waals surface area contributed by atoms with Crippen molar-refractivity contribution < 1.29 is 8.42 Å².